The maximum atomic E-state index is 13.4. The fraction of sp³-hybridized carbons (Fsp3) is 0.160. The number of carbonyl (C=O) groups excluding carboxylic acids is 1. The minimum absolute atomic E-state index is 0.0378. The molecule has 0 saturated carbocycles. The van der Waals surface area contributed by atoms with Crippen molar-refractivity contribution in [1.29, 1.82) is 0 Å². The molecule has 0 radical (unpaired) electrons. The van der Waals surface area contributed by atoms with Crippen LogP contribution in [-0.2, 0) is 10.0 Å². The van der Waals surface area contributed by atoms with Crippen molar-refractivity contribution in [1.82, 2.24) is 20.5 Å². The summed E-state index contributed by atoms with van der Waals surface area (Å²) in [6, 6.07) is 23.6. The van der Waals surface area contributed by atoms with E-state index in [0.717, 1.165) is 5.56 Å². The van der Waals surface area contributed by atoms with Crippen molar-refractivity contribution in [3.8, 4) is 0 Å². The minimum atomic E-state index is -3.87. The van der Waals surface area contributed by atoms with E-state index in [0.29, 0.717) is 17.3 Å². The second-order valence-corrected chi connectivity index (χ2v) is 9.49. The molecule has 1 aromatic heterocycles. The molecule has 2 N–H and O–H groups in total. The van der Waals surface area contributed by atoms with Crippen LogP contribution in [0, 0.1) is 6.92 Å². The lowest BCUT2D eigenvalue weighted by Gasteiger charge is -2.23. The molecule has 0 saturated heterocycles. The lowest BCUT2D eigenvalue weighted by atomic mass is 10.1. The Morgan fingerprint density at radius 2 is 1.68 bits per heavy atom. The molecule has 9 heteroatoms. The molecule has 1 atom stereocenters. The fourth-order valence-corrected chi connectivity index (χ4v) is 5.18. The number of aromatic nitrogens is 3. The smallest absolute Gasteiger partial charge is 0.264 e. The van der Waals surface area contributed by atoms with E-state index in [1.807, 2.05) is 36.4 Å². The van der Waals surface area contributed by atoms with E-state index in [1.54, 1.807) is 50.2 Å². The number of aromatic amines is 1. The highest BCUT2D eigenvalue weighted by atomic mass is 32.2. The summed E-state index contributed by atoms with van der Waals surface area (Å²) in [6.45, 7) is 3.80. The van der Waals surface area contributed by atoms with Gasteiger partial charge in [-0.25, -0.2) is 13.4 Å². The van der Waals surface area contributed by atoms with E-state index < -0.39 is 22.0 Å². The van der Waals surface area contributed by atoms with Gasteiger partial charge in [-0.15, -0.1) is 0 Å². The molecule has 4 rings (SSSR count). The lowest BCUT2D eigenvalue weighted by Crippen LogP contribution is -2.32. The monoisotopic (exact) mass is 475 g/mol. The summed E-state index contributed by atoms with van der Waals surface area (Å²) < 4.78 is 28.1. The number of carbonyl (C=O) groups is 1. The Bertz CT molecular complexity index is 1370. The Balaban J connectivity index is 1.64. The van der Waals surface area contributed by atoms with Crippen molar-refractivity contribution < 1.29 is 13.2 Å². The van der Waals surface area contributed by atoms with Gasteiger partial charge in [0.1, 0.15) is 11.9 Å². The topological polar surface area (TPSA) is 108 Å². The van der Waals surface area contributed by atoms with Gasteiger partial charge in [-0.2, -0.15) is 5.10 Å². The third-order valence-corrected chi connectivity index (χ3v) is 7.20. The molecule has 0 spiro atoms. The van der Waals surface area contributed by atoms with E-state index in [4.69, 9.17) is 0 Å². The second kappa shape index (κ2) is 9.88. The molecule has 34 heavy (non-hydrogen) atoms. The Hall–Kier alpha value is -3.98. The molecule has 0 aliphatic heterocycles. The van der Waals surface area contributed by atoms with Crippen molar-refractivity contribution in [2.45, 2.75) is 24.8 Å². The first-order valence-corrected chi connectivity index (χ1v) is 12.3. The maximum absolute atomic E-state index is 13.4. The van der Waals surface area contributed by atoms with Gasteiger partial charge < -0.3 is 5.32 Å². The number of aryl methyl sites for hydroxylation is 1. The van der Waals surface area contributed by atoms with Crippen LogP contribution < -0.4 is 9.62 Å². The highest BCUT2D eigenvalue weighted by Gasteiger charge is 2.26. The van der Waals surface area contributed by atoms with Gasteiger partial charge in [0, 0.05) is 12.1 Å². The summed E-state index contributed by atoms with van der Waals surface area (Å²) in [5, 5.41) is 9.95. The van der Waals surface area contributed by atoms with Crippen LogP contribution in [0.3, 0.4) is 0 Å². The van der Waals surface area contributed by atoms with Gasteiger partial charge in [0.15, 0.2) is 5.82 Å². The minimum Gasteiger partial charge on any atom is -0.338 e. The number of benzene rings is 3. The van der Waals surface area contributed by atoms with Crippen molar-refractivity contribution in [3.63, 3.8) is 0 Å². The first-order valence-electron chi connectivity index (χ1n) is 10.8. The highest BCUT2D eigenvalue weighted by molar-refractivity contribution is 7.92. The van der Waals surface area contributed by atoms with Crippen molar-refractivity contribution in [2.24, 2.45) is 0 Å². The molecule has 0 fully saturated rings. The van der Waals surface area contributed by atoms with Gasteiger partial charge >= 0.3 is 0 Å². The maximum Gasteiger partial charge on any atom is 0.264 e. The van der Waals surface area contributed by atoms with Gasteiger partial charge in [-0.05, 0) is 49.7 Å². The van der Waals surface area contributed by atoms with E-state index in [2.05, 4.69) is 20.5 Å². The van der Waals surface area contributed by atoms with E-state index in [9.17, 15) is 13.2 Å². The van der Waals surface area contributed by atoms with Gasteiger partial charge in [0.05, 0.1) is 10.6 Å². The number of amides is 1. The predicted molar refractivity (Wildman–Crippen MR) is 130 cm³/mol. The van der Waals surface area contributed by atoms with Crippen LogP contribution in [-0.4, -0.2) is 36.1 Å². The molecule has 0 bridgehead atoms. The van der Waals surface area contributed by atoms with Gasteiger partial charge in [0.25, 0.3) is 15.9 Å². The number of anilines is 1. The summed E-state index contributed by atoms with van der Waals surface area (Å²) in [7, 11) is -3.87. The molecule has 1 amide bonds. The highest BCUT2D eigenvalue weighted by Crippen LogP contribution is 2.25. The Morgan fingerprint density at radius 3 is 2.29 bits per heavy atom. The van der Waals surface area contributed by atoms with Gasteiger partial charge in [-0.1, -0.05) is 54.6 Å². The Morgan fingerprint density at radius 1 is 1.00 bits per heavy atom. The van der Waals surface area contributed by atoms with Crippen LogP contribution in [0.4, 0.5) is 5.69 Å². The SMILES string of the molecule is CCN(c1ccccc1)S(=O)(=O)c1cccc(C(=O)NC(c2ccccc2)c2n[nH]c(C)n2)c1. The largest absolute Gasteiger partial charge is 0.338 e. The molecule has 8 nitrogen and oxygen atoms in total. The van der Waals surface area contributed by atoms with Crippen LogP contribution in [0.25, 0.3) is 0 Å². The summed E-state index contributed by atoms with van der Waals surface area (Å²) in [5.74, 6) is 0.608. The quantitative estimate of drug-likeness (QED) is 0.402. The molecular formula is C25H25N5O3S. The number of H-pyrrole nitrogens is 1. The first-order chi connectivity index (χ1) is 16.4. The zero-order chi connectivity index (χ0) is 24.1. The van der Waals surface area contributed by atoms with Crippen molar-refractivity contribution in [3.05, 3.63) is 108 Å². The van der Waals surface area contributed by atoms with E-state index >= 15 is 0 Å². The van der Waals surface area contributed by atoms with Gasteiger partial charge in [-0.3, -0.25) is 14.2 Å². The Labute approximate surface area is 198 Å². The predicted octanol–water partition coefficient (Wildman–Crippen LogP) is 3.85. The van der Waals surface area contributed by atoms with Gasteiger partial charge in [0.2, 0.25) is 0 Å². The number of sulfonamides is 1. The number of para-hydroxylation sites is 1. The molecule has 0 aliphatic carbocycles. The van der Waals surface area contributed by atoms with Crippen LogP contribution >= 0.6 is 0 Å². The average molecular weight is 476 g/mol. The zero-order valence-electron chi connectivity index (χ0n) is 18.8. The molecular weight excluding hydrogens is 450 g/mol. The summed E-state index contributed by atoms with van der Waals surface area (Å²) in [5.41, 5.74) is 1.59. The molecule has 1 unspecified atom stereocenters. The van der Waals surface area contributed by atoms with Crippen molar-refractivity contribution >= 4 is 21.6 Å². The third kappa shape index (κ3) is 4.84. The molecule has 1 heterocycles. The van der Waals surface area contributed by atoms with Crippen LogP contribution in [0.5, 0.6) is 0 Å². The average Bonchev–Trinajstić information content (AvgIpc) is 3.30. The zero-order valence-corrected chi connectivity index (χ0v) is 19.7. The molecule has 0 aliphatic rings. The summed E-state index contributed by atoms with van der Waals surface area (Å²) in [4.78, 5) is 17.6. The normalized spacial score (nSPS) is 12.2. The number of rotatable bonds is 8. The third-order valence-electron chi connectivity index (χ3n) is 5.30. The fourth-order valence-electron chi connectivity index (χ4n) is 3.66. The lowest BCUT2D eigenvalue weighted by molar-refractivity contribution is 0.0941. The van der Waals surface area contributed by atoms with E-state index in [-0.39, 0.29) is 17.0 Å². The van der Waals surface area contributed by atoms with Crippen LogP contribution in [0.1, 0.15) is 40.5 Å². The second-order valence-electron chi connectivity index (χ2n) is 7.63. The number of nitrogens with zero attached hydrogens (tertiary/aromatic N) is 3. The Kier molecular flexibility index (Phi) is 6.74. The number of hydrogen-bond acceptors (Lipinski definition) is 5. The molecule has 3 aromatic carbocycles. The number of nitrogens with one attached hydrogen (secondary N) is 2. The van der Waals surface area contributed by atoms with E-state index in [1.165, 1.54) is 16.4 Å². The van der Waals surface area contributed by atoms with Crippen molar-refractivity contribution in [2.75, 3.05) is 10.8 Å². The standard InChI is InChI=1S/C25H25N5O3S/c1-3-30(21-14-8-5-9-15-21)34(32,33)22-16-10-13-20(17-22)25(31)27-23(19-11-6-4-7-12-19)24-26-18(2)28-29-24/h4-17,23H,3H2,1-2H3,(H,27,31)(H,26,28,29). The summed E-state index contributed by atoms with van der Waals surface area (Å²) >= 11 is 0. The number of hydrogen-bond donors (Lipinski definition) is 2. The van der Waals surface area contributed by atoms with Crippen LogP contribution in [0.15, 0.2) is 89.8 Å². The first kappa shape index (κ1) is 23.2. The summed E-state index contributed by atoms with van der Waals surface area (Å²) in [6.07, 6.45) is 0. The molecule has 4 aromatic rings. The molecule has 174 valence electrons. The van der Waals surface area contributed by atoms with Crippen LogP contribution in [0.2, 0.25) is 0 Å².